The molecule has 0 aliphatic heterocycles. The standard InChI is InChI=1S/C20H20ClN3O/c1-13-8-9-16(10-14(13)2)20(25)22-19-11-15(3)24(23-19)12-17-6-4-5-7-18(17)21/h4-11H,12H2,1-3H3,(H,22,23,25). The maximum absolute atomic E-state index is 12.4. The van der Waals surface area contributed by atoms with Gasteiger partial charge in [-0.2, -0.15) is 5.10 Å². The van der Waals surface area contributed by atoms with Gasteiger partial charge in [-0.05, 0) is 55.7 Å². The normalized spacial score (nSPS) is 10.7. The molecule has 3 rings (SSSR count). The molecular weight excluding hydrogens is 334 g/mol. The predicted molar refractivity (Wildman–Crippen MR) is 101 cm³/mol. The highest BCUT2D eigenvalue weighted by atomic mass is 35.5. The van der Waals surface area contributed by atoms with Crippen LogP contribution in [-0.2, 0) is 6.54 Å². The van der Waals surface area contributed by atoms with Crippen LogP contribution in [0, 0.1) is 20.8 Å². The lowest BCUT2D eigenvalue weighted by Gasteiger charge is -2.07. The quantitative estimate of drug-likeness (QED) is 0.734. The van der Waals surface area contributed by atoms with E-state index in [0.717, 1.165) is 22.4 Å². The fourth-order valence-electron chi connectivity index (χ4n) is 2.59. The van der Waals surface area contributed by atoms with Crippen molar-refractivity contribution < 1.29 is 4.79 Å². The first-order chi connectivity index (χ1) is 11.9. The molecule has 0 fully saturated rings. The summed E-state index contributed by atoms with van der Waals surface area (Å²) in [5.41, 5.74) is 4.82. The second-order valence-corrected chi connectivity index (χ2v) is 6.58. The Labute approximate surface area is 152 Å². The summed E-state index contributed by atoms with van der Waals surface area (Å²) in [7, 11) is 0. The number of nitrogens with one attached hydrogen (secondary N) is 1. The van der Waals surface area contributed by atoms with Gasteiger partial charge in [-0.15, -0.1) is 0 Å². The van der Waals surface area contributed by atoms with E-state index in [0.29, 0.717) is 22.9 Å². The number of carbonyl (C=O) groups is 1. The van der Waals surface area contributed by atoms with E-state index in [-0.39, 0.29) is 5.91 Å². The first-order valence-corrected chi connectivity index (χ1v) is 8.48. The van der Waals surface area contributed by atoms with Crippen LogP contribution in [0.5, 0.6) is 0 Å². The Morgan fingerprint density at radius 3 is 2.56 bits per heavy atom. The van der Waals surface area contributed by atoms with Gasteiger partial charge in [-0.25, -0.2) is 0 Å². The Morgan fingerprint density at radius 1 is 1.08 bits per heavy atom. The van der Waals surface area contributed by atoms with Crippen LogP contribution in [0.2, 0.25) is 5.02 Å². The summed E-state index contributed by atoms with van der Waals surface area (Å²) < 4.78 is 1.83. The van der Waals surface area contributed by atoms with Crippen molar-refractivity contribution in [2.75, 3.05) is 5.32 Å². The van der Waals surface area contributed by atoms with Crippen molar-refractivity contribution in [3.8, 4) is 0 Å². The Hall–Kier alpha value is -2.59. The van der Waals surface area contributed by atoms with Gasteiger partial charge in [-0.1, -0.05) is 35.9 Å². The molecule has 128 valence electrons. The van der Waals surface area contributed by atoms with E-state index in [9.17, 15) is 4.79 Å². The predicted octanol–water partition coefficient (Wildman–Crippen LogP) is 4.76. The first kappa shape index (κ1) is 17.2. The van der Waals surface area contributed by atoms with E-state index in [2.05, 4.69) is 10.4 Å². The van der Waals surface area contributed by atoms with Gasteiger partial charge in [0.15, 0.2) is 5.82 Å². The summed E-state index contributed by atoms with van der Waals surface area (Å²) in [5.74, 6) is 0.373. The Morgan fingerprint density at radius 2 is 1.84 bits per heavy atom. The molecule has 0 atom stereocenters. The lowest BCUT2D eigenvalue weighted by molar-refractivity contribution is 0.102. The minimum absolute atomic E-state index is 0.162. The summed E-state index contributed by atoms with van der Waals surface area (Å²) >= 11 is 6.21. The lowest BCUT2D eigenvalue weighted by atomic mass is 10.1. The molecule has 3 aromatic rings. The molecule has 0 bridgehead atoms. The van der Waals surface area contributed by atoms with E-state index >= 15 is 0 Å². The highest BCUT2D eigenvalue weighted by Gasteiger charge is 2.11. The summed E-state index contributed by atoms with van der Waals surface area (Å²) in [6.45, 7) is 6.53. The Balaban J connectivity index is 1.77. The largest absolute Gasteiger partial charge is 0.305 e. The number of carbonyl (C=O) groups excluding carboxylic acids is 1. The minimum Gasteiger partial charge on any atom is -0.305 e. The van der Waals surface area contributed by atoms with Crippen LogP contribution in [-0.4, -0.2) is 15.7 Å². The van der Waals surface area contributed by atoms with E-state index < -0.39 is 0 Å². The van der Waals surface area contributed by atoms with E-state index in [4.69, 9.17) is 11.6 Å². The van der Waals surface area contributed by atoms with Crippen LogP contribution in [0.25, 0.3) is 0 Å². The molecule has 0 radical (unpaired) electrons. The van der Waals surface area contributed by atoms with Crippen molar-refractivity contribution in [3.63, 3.8) is 0 Å². The number of anilines is 1. The zero-order valence-electron chi connectivity index (χ0n) is 14.5. The molecule has 25 heavy (non-hydrogen) atoms. The van der Waals surface area contributed by atoms with Crippen LogP contribution in [0.1, 0.15) is 32.7 Å². The van der Waals surface area contributed by atoms with E-state index in [1.54, 1.807) is 0 Å². The molecule has 1 amide bonds. The van der Waals surface area contributed by atoms with Crippen molar-refractivity contribution in [3.05, 3.63) is 81.5 Å². The number of hydrogen-bond donors (Lipinski definition) is 1. The molecular formula is C20H20ClN3O. The SMILES string of the molecule is Cc1ccc(C(=O)Nc2cc(C)n(Cc3ccccc3Cl)n2)cc1C. The molecule has 0 spiro atoms. The third-order valence-electron chi connectivity index (χ3n) is 4.27. The Kier molecular flexibility index (Phi) is 4.91. The minimum atomic E-state index is -0.162. The maximum Gasteiger partial charge on any atom is 0.256 e. The van der Waals surface area contributed by atoms with Gasteiger partial charge in [-0.3, -0.25) is 9.48 Å². The van der Waals surface area contributed by atoms with Gasteiger partial charge >= 0.3 is 0 Å². The number of hydrogen-bond acceptors (Lipinski definition) is 2. The molecule has 5 heteroatoms. The number of aryl methyl sites for hydroxylation is 3. The third-order valence-corrected chi connectivity index (χ3v) is 4.64. The van der Waals surface area contributed by atoms with Gasteiger partial charge < -0.3 is 5.32 Å². The summed E-state index contributed by atoms with van der Waals surface area (Å²) in [5, 5.41) is 8.05. The van der Waals surface area contributed by atoms with Gasteiger partial charge in [0.25, 0.3) is 5.91 Å². The molecule has 0 aliphatic rings. The van der Waals surface area contributed by atoms with Crippen LogP contribution in [0.3, 0.4) is 0 Å². The average molecular weight is 354 g/mol. The second-order valence-electron chi connectivity index (χ2n) is 6.17. The van der Waals surface area contributed by atoms with Crippen molar-refractivity contribution >= 4 is 23.3 Å². The first-order valence-electron chi connectivity index (χ1n) is 8.10. The smallest absolute Gasteiger partial charge is 0.256 e. The van der Waals surface area contributed by atoms with Crippen LogP contribution >= 0.6 is 11.6 Å². The van der Waals surface area contributed by atoms with Crippen molar-refractivity contribution in [2.24, 2.45) is 0 Å². The lowest BCUT2D eigenvalue weighted by Crippen LogP contribution is -2.13. The molecule has 0 saturated heterocycles. The number of halogens is 1. The molecule has 4 nitrogen and oxygen atoms in total. The van der Waals surface area contributed by atoms with Crippen molar-refractivity contribution in [1.29, 1.82) is 0 Å². The summed E-state index contributed by atoms with van der Waals surface area (Å²) in [6, 6.07) is 15.2. The molecule has 1 aromatic heterocycles. The van der Waals surface area contributed by atoms with Gasteiger partial charge in [0.2, 0.25) is 0 Å². The molecule has 1 N–H and O–H groups in total. The third kappa shape index (κ3) is 3.91. The number of aromatic nitrogens is 2. The Bertz CT molecular complexity index is 930. The number of benzene rings is 2. The van der Waals surface area contributed by atoms with Crippen LogP contribution in [0.4, 0.5) is 5.82 Å². The van der Waals surface area contributed by atoms with Crippen molar-refractivity contribution in [2.45, 2.75) is 27.3 Å². The van der Waals surface area contributed by atoms with E-state index in [1.165, 1.54) is 0 Å². The fourth-order valence-corrected chi connectivity index (χ4v) is 2.79. The van der Waals surface area contributed by atoms with Gasteiger partial charge in [0, 0.05) is 22.3 Å². The zero-order chi connectivity index (χ0) is 18.0. The van der Waals surface area contributed by atoms with E-state index in [1.807, 2.05) is 74.0 Å². The second kappa shape index (κ2) is 7.11. The summed E-state index contributed by atoms with van der Waals surface area (Å²) in [4.78, 5) is 12.4. The number of rotatable bonds is 4. The molecule has 0 saturated carbocycles. The number of nitrogens with zero attached hydrogens (tertiary/aromatic N) is 2. The van der Waals surface area contributed by atoms with Crippen molar-refractivity contribution in [1.82, 2.24) is 9.78 Å². The molecule has 2 aromatic carbocycles. The molecule has 0 unspecified atom stereocenters. The van der Waals surface area contributed by atoms with Gasteiger partial charge in [0.05, 0.1) is 6.54 Å². The highest BCUT2D eigenvalue weighted by molar-refractivity contribution is 6.31. The zero-order valence-corrected chi connectivity index (χ0v) is 15.3. The highest BCUT2D eigenvalue weighted by Crippen LogP contribution is 2.18. The summed E-state index contributed by atoms with van der Waals surface area (Å²) in [6.07, 6.45) is 0. The number of amides is 1. The average Bonchev–Trinajstić information content (AvgIpc) is 2.91. The fraction of sp³-hybridized carbons (Fsp3) is 0.200. The topological polar surface area (TPSA) is 46.9 Å². The van der Waals surface area contributed by atoms with Crippen LogP contribution < -0.4 is 5.32 Å². The van der Waals surface area contributed by atoms with Gasteiger partial charge in [0.1, 0.15) is 0 Å². The molecule has 1 heterocycles. The monoisotopic (exact) mass is 353 g/mol. The maximum atomic E-state index is 12.4. The molecule has 0 aliphatic carbocycles. The van der Waals surface area contributed by atoms with Crippen LogP contribution in [0.15, 0.2) is 48.5 Å².